The molecular formula is C21H24N4O7S2. The predicted molar refractivity (Wildman–Crippen MR) is 128 cm³/mol. The third-order valence-corrected chi connectivity index (χ3v) is 6.76. The van der Waals surface area contributed by atoms with E-state index in [1.54, 1.807) is 25.1 Å². The quantitative estimate of drug-likeness (QED) is 0.302. The summed E-state index contributed by atoms with van der Waals surface area (Å²) in [5.74, 6) is -0.761. The van der Waals surface area contributed by atoms with Crippen molar-refractivity contribution >= 4 is 57.0 Å². The molecule has 0 saturated carbocycles. The summed E-state index contributed by atoms with van der Waals surface area (Å²) in [4.78, 5) is 39.7. The van der Waals surface area contributed by atoms with Crippen LogP contribution in [0.3, 0.4) is 0 Å². The Morgan fingerprint density at radius 3 is 2.29 bits per heavy atom. The molecule has 3 N–H and O–H groups in total. The molecule has 2 rings (SSSR count). The molecule has 11 nitrogen and oxygen atoms in total. The second kappa shape index (κ2) is 12.0. The van der Waals surface area contributed by atoms with Crippen molar-refractivity contribution in [1.29, 1.82) is 0 Å². The molecule has 0 heterocycles. The van der Waals surface area contributed by atoms with Crippen LogP contribution in [0, 0.1) is 0 Å². The summed E-state index contributed by atoms with van der Waals surface area (Å²) < 4.78 is 35.4. The summed E-state index contributed by atoms with van der Waals surface area (Å²) in [5, 5.41) is 7.47. The van der Waals surface area contributed by atoms with Crippen molar-refractivity contribution in [3.05, 3.63) is 42.5 Å². The van der Waals surface area contributed by atoms with Gasteiger partial charge < -0.3 is 20.1 Å². The second-order valence-electron chi connectivity index (χ2n) is 6.46. The summed E-state index contributed by atoms with van der Waals surface area (Å²) in [7, 11) is -1.70. The number of thioether (sulfide) groups is 1. The molecule has 3 amide bonds. The summed E-state index contributed by atoms with van der Waals surface area (Å²) >= 11 is 1.40. The lowest BCUT2D eigenvalue weighted by molar-refractivity contribution is -0.115. The van der Waals surface area contributed by atoms with E-state index in [0.717, 1.165) is 19.1 Å². The Kier molecular flexibility index (Phi) is 9.45. The predicted octanol–water partition coefficient (Wildman–Crippen LogP) is 3.48. The van der Waals surface area contributed by atoms with Gasteiger partial charge in [0.15, 0.2) is 0 Å². The topological polar surface area (TPSA) is 152 Å². The van der Waals surface area contributed by atoms with Gasteiger partial charge in [0.25, 0.3) is 0 Å². The van der Waals surface area contributed by atoms with E-state index < -0.39 is 27.9 Å². The minimum absolute atomic E-state index is 0.0740. The van der Waals surface area contributed by atoms with E-state index in [4.69, 9.17) is 0 Å². The highest BCUT2D eigenvalue weighted by Gasteiger charge is 2.21. The number of amides is 3. The van der Waals surface area contributed by atoms with Gasteiger partial charge >= 0.3 is 12.2 Å². The zero-order valence-corrected chi connectivity index (χ0v) is 20.5. The molecule has 2 aromatic carbocycles. The molecule has 0 unspecified atom stereocenters. The molecule has 34 heavy (non-hydrogen) atoms. The number of hydrogen-bond donors (Lipinski definition) is 3. The highest BCUT2D eigenvalue weighted by molar-refractivity contribution is 7.98. The molecule has 13 heteroatoms. The number of nitrogens with one attached hydrogen (secondary N) is 3. The number of alkyl carbamates (subject to hydrolysis) is 1. The standard InChI is InChI=1S/C21H24N4O7S2/c1-5-18(26)22-17-12-15(34(29,30)14-8-6-7-13(11-14)33-4)9-10-16(17)23-19(24-20(27)31-2)25-21(28)32-3/h6-12H,5H2,1-4H3,(H,22,26)(H2,23,24,25,27,28). The first-order valence-corrected chi connectivity index (χ1v) is 12.5. The molecule has 0 spiro atoms. The van der Waals surface area contributed by atoms with Gasteiger partial charge in [0, 0.05) is 11.3 Å². The normalized spacial score (nSPS) is 11.4. The van der Waals surface area contributed by atoms with Gasteiger partial charge in [0.2, 0.25) is 21.7 Å². The molecule has 2 aromatic rings. The summed E-state index contributed by atoms with van der Waals surface area (Å²) in [6.07, 6.45) is 0.00363. The van der Waals surface area contributed by atoms with Crippen LogP contribution in [0.2, 0.25) is 0 Å². The third kappa shape index (κ3) is 6.96. The van der Waals surface area contributed by atoms with Crippen molar-refractivity contribution in [2.75, 3.05) is 31.1 Å². The van der Waals surface area contributed by atoms with Crippen molar-refractivity contribution in [3.8, 4) is 0 Å². The van der Waals surface area contributed by atoms with E-state index in [0.29, 0.717) is 0 Å². The maximum Gasteiger partial charge on any atom is 0.436 e. The maximum absolute atomic E-state index is 13.2. The van der Waals surface area contributed by atoms with Crippen LogP contribution in [0.4, 0.5) is 21.0 Å². The van der Waals surface area contributed by atoms with Crippen LogP contribution >= 0.6 is 11.8 Å². The average molecular weight is 509 g/mol. The molecule has 0 bridgehead atoms. The first-order chi connectivity index (χ1) is 16.1. The molecule has 0 radical (unpaired) electrons. The van der Waals surface area contributed by atoms with Crippen molar-refractivity contribution in [2.24, 2.45) is 4.99 Å². The molecular weight excluding hydrogens is 484 g/mol. The lowest BCUT2D eigenvalue weighted by Gasteiger charge is -2.16. The van der Waals surface area contributed by atoms with Crippen LogP contribution in [0.15, 0.2) is 62.1 Å². The fourth-order valence-electron chi connectivity index (χ4n) is 2.55. The van der Waals surface area contributed by atoms with Crippen LogP contribution in [0.5, 0.6) is 0 Å². The van der Waals surface area contributed by atoms with Gasteiger partial charge in [0.1, 0.15) is 0 Å². The van der Waals surface area contributed by atoms with Crippen LogP contribution in [-0.4, -0.2) is 52.9 Å². The van der Waals surface area contributed by atoms with Crippen molar-refractivity contribution in [2.45, 2.75) is 28.0 Å². The first-order valence-electron chi connectivity index (χ1n) is 9.76. The number of rotatable bonds is 6. The van der Waals surface area contributed by atoms with Crippen molar-refractivity contribution in [1.82, 2.24) is 5.32 Å². The molecule has 0 aliphatic rings. The number of carbonyl (C=O) groups excluding carboxylic acids is 3. The van der Waals surface area contributed by atoms with Crippen molar-refractivity contribution < 1.29 is 32.3 Å². The number of sulfone groups is 1. The number of ether oxygens (including phenoxy) is 2. The lowest BCUT2D eigenvalue weighted by Crippen LogP contribution is -2.36. The largest absolute Gasteiger partial charge is 0.453 e. The van der Waals surface area contributed by atoms with Crippen LogP contribution in [0.1, 0.15) is 13.3 Å². The zero-order valence-electron chi connectivity index (χ0n) is 18.9. The Labute approximate surface area is 201 Å². The number of carbonyl (C=O) groups is 3. The molecule has 0 aliphatic heterocycles. The average Bonchev–Trinajstić information content (AvgIpc) is 2.84. The van der Waals surface area contributed by atoms with Gasteiger partial charge in [-0.15, -0.1) is 16.8 Å². The maximum atomic E-state index is 13.2. The molecule has 0 aliphatic carbocycles. The monoisotopic (exact) mass is 508 g/mol. The van der Waals surface area contributed by atoms with Gasteiger partial charge in [-0.1, -0.05) is 13.0 Å². The van der Waals surface area contributed by atoms with Crippen LogP contribution in [-0.2, 0) is 24.1 Å². The van der Waals surface area contributed by atoms with Crippen LogP contribution in [0.25, 0.3) is 0 Å². The fourth-order valence-corrected chi connectivity index (χ4v) is 4.41. The number of aliphatic imine (C=N–C) groups is 1. The molecule has 0 saturated heterocycles. The van der Waals surface area contributed by atoms with Gasteiger partial charge in [-0.05, 0) is 42.7 Å². The summed E-state index contributed by atoms with van der Waals surface area (Å²) in [6, 6.07) is 10.4. The lowest BCUT2D eigenvalue weighted by atomic mass is 10.2. The molecule has 0 fully saturated rings. The minimum Gasteiger partial charge on any atom is -0.453 e. The van der Waals surface area contributed by atoms with Gasteiger partial charge in [0.05, 0.1) is 35.4 Å². The molecule has 0 atom stereocenters. The van der Waals surface area contributed by atoms with E-state index in [2.05, 4.69) is 30.4 Å². The Balaban J connectivity index is 2.54. The van der Waals surface area contributed by atoms with Crippen molar-refractivity contribution in [3.63, 3.8) is 0 Å². The zero-order chi connectivity index (χ0) is 25.3. The minimum atomic E-state index is -3.91. The summed E-state index contributed by atoms with van der Waals surface area (Å²) in [6.45, 7) is 1.62. The Morgan fingerprint density at radius 2 is 1.68 bits per heavy atom. The first kappa shape index (κ1) is 26.7. The number of guanidine groups is 1. The highest BCUT2D eigenvalue weighted by Crippen LogP contribution is 2.30. The van der Waals surface area contributed by atoms with Crippen LogP contribution < -0.4 is 16.0 Å². The van der Waals surface area contributed by atoms with E-state index in [1.807, 2.05) is 6.26 Å². The van der Waals surface area contributed by atoms with Gasteiger partial charge in [-0.25, -0.2) is 18.0 Å². The molecule has 182 valence electrons. The Hall–Kier alpha value is -3.58. The number of nitrogens with zero attached hydrogens (tertiary/aromatic N) is 1. The highest BCUT2D eigenvalue weighted by atomic mass is 32.2. The number of benzene rings is 2. The Bertz CT molecular complexity index is 1210. The number of hydrogen-bond acceptors (Lipinski definition) is 8. The summed E-state index contributed by atoms with van der Waals surface area (Å²) in [5.41, 5.74) is 0.232. The smallest absolute Gasteiger partial charge is 0.436 e. The second-order valence-corrected chi connectivity index (χ2v) is 9.29. The van der Waals surface area contributed by atoms with E-state index in [9.17, 15) is 22.8 Å². The van der Waals surface area contributed by atoms with Gasteiger partial charge in [-0.2, -0.15) is 0 Å². The number of methoxy groups -OCH3 is 2. The van der Waals surface area contributed by atoms with E-state index in [1.165, 1.54) is 36.0 Å². The molecule has 0 aromatic heterocycles. The SMILES string of the molecule is CCC(=O)Nc1cc(S(=O)(=O)c2cccc(SC)c2)ccc1NC(=NC(=O)OC)NC(=O)OC. The van der Waals surface area contributed by atoms with Gasteiger partial charge in [-0.3, -0.25) is 10.1 Å². The number of anilines is 2. The van der Waals surface area contributed by atoms with E-state index >= 15 is 0 Å². The third-order valence-electron chi connectivity index (χ3n) is 4.28. The fraction of sp³-hybridized carbons (Fsp3) is 0.238. The van der Waals surface area contributed by atoms with E-state index in [-0.39, 0.29) is 33.5 Å². The Morgan fingerprint density at radius 1 is 0.971 bits per heavy atom.